The van der Waals surface area contributed by atoms with Gasteiger partial charge in [0.2, 0.25) is 5.91 Å². The first-order chi connectivity index (χ1) is 10.6. The Morgan fingerprint density at radius 1 is 1.23 bits per heavy atom. The average molecular weight is 317 g/mol. The molecule has 0 unspecified atom stereocenters. The third-order valence-corrected chi connectivity index (χ3v) is 3.61. The van der Waals surface area contributed by atoms with Crippen molar-refractivity contribution in [1.82, 2.24) is 5.32 Å². The zero-order chi connectivity index (χ0) is 15.8. The van der Waals surface area contributed by atoms with Gasteiger partial charge in [0.15, 0.2) is 0 Å². The number of nitrogens with one attached hydrogen (secondary N) is 2. The molecular weight excluding hydrogens is 302 g/mol. The molecule has 0 radical (unpaired) electrons. The molecule has 0 atom stereocenters. The van der Waals surface area contributed by atoms with E-state index in [2.05, 4.69) is 10.6 Å². The van der Waals surface area contributed by atoms with Crippen molar-refractivity contribution in [2.24, 2.45) is 0 Å². The van der Waals surface area contributed by atoms with E-state index < -0.39 is 4.92 Å². The van der Waals surface area contributed by atoms with E-state index in [1.165, 1.54) is 18.2 Å². The van der Waals surface area contributed by atoms with E-state index in [-0.39, 0.29) is 11.6 Å². The summed E-state index contributed by atoms with van der Waals surface area (Å²) in [5.74, 6) is -0.154. The second kappa shape index (κ2) is 7.94. The van der Waals surface area contributed by atoms with E-state index in [9.17, 15) is 14.9 Å². The van der Waals surface area contributed by atoms with Gasteiger partial charge in [-0.2, -0.15) is 0 Å². The summed E-state index contributed by atoms with van der Waals surface area (Å²) in [6.07, 6.45) is 3.27. The van der Waals surface area contributed by atoms with Gasteiger partial charge in [-0.05, 0) is 29.7 Å². The van der Waals surface area contributed by atoms with Gasteiger partial charge < -0.3 is 10.6 Å². The normalized spacial score (nSPS) is 10.5. The van der Waals surface area contributed by atoms with Crippen molar-refractivity contribution < 1.29 is 9.72 Å². The van der Waals surface area contributed by atoms with E-state index in [1.807, 2.05) is 17.5 Å². The van der Waals surface area contributed by atoms with Gasteiger partial charge in [-0.15, -0.1) is 11.3 Å². The monoisotopic (exact) mass is 317 g/mol. The number of thiophene rings is 1. The summed E-state index contributed by atoms with van der Waals surface area (Å²) in [5.41, 5.74) is 0.826. The fourth-order valence-corrected chi connectivity index (χ4v) is 2.31. The van der Waals surface area contributed by atoms with Crippen LogP contribution in [0.1, 0.15) is 4.88 Å². The van der Waals surface area contributed by atoms with Crippen molar-refractivity contribution in [3.05, 3.63) is 62.8 Å². The highest BCUT2D eigenvalue weighted by Crippen LogP contribution is 2.14. The van der Waals surface area contributed by atoms with Crippen molar-refractivity contribution >= 4 is 34.7 Å². The van der Waals surface area contributed by atoms with Crippen LogP contribution in [0.2, 0.25) is 0 Å². The Morgan fingerprint density at radius 2 is 2.00 bits per heavy atom. The molecule has 0 spiro atoms. The number of non-ortho nitro benzene ring substituents is 1. The molecule has 7 heteroatoms. The lowest BCUT2D eigenvalue weighted by Crippen LogP contribution is -2.27. The maximum absolute atomic E-state index is 11.6. The van der Waals surface area contributed by atoms with Crippen LogP contribution >= 0.6 is 11.3 Å². The molecule has 2 aromatic rings. The number of benzene rings is 1. The maximum atomic E-state index is 11.6. The van der Waals surface area contributed by atoms with E-state index in [0.717, 1.165) is 10.6 Å². The summed E-state index contributed by atoms with van der Waals surface area (Å²) in [6.45, 7) is 1.00. The third-order valence-electron chi connectivity index (χ3n) is 2.77. The van der Waals surface area contributed by atoms with Crippen LogP contribution in [0.5, 0.6) is 0 Å². The standard InChI is InChI=1S/C15H15N3O3S/c19-15(8-7-14-2-1-11-22-14)17-10-9-16-12-3-5-13(6-4-12)18(20)21/h1-8,11,16H,9-10H2,(H,17,19)/b8-7+. The van der Waals surface area contributed by atoms with Crippen LogP contribution in [0, 0.1) is 10.1 Å². The number of rotatable bonds is 7. The summed E-state index contributed by atoms with van der Waals surface area (Å²) in [5, 5.41) is 18.3. The van der Waals surface area contributed by atoms with E-state index in [0.29, 0.717) is 13.1 Å². The second-order valence-electron chi connectivity index (χ2n) is 4.37. The molecule has 6 nitrogen and oxygen atoms in total. The molecule has 0 aliphatic rings. The fraction of sp³-hybridized carbons (Fsp3) is 0.133. The van der Waals surface area contributed by atoms with Crippen LogP contribution in [0.25, 0.3) is 6.08 Å². The number of hydrogen-bond acceptors (Lipinski definition) is 5. The number of nitro benzene ring substituents is 1. The van der Waals surface area contributed by atoms with Crippen molar-refractivity contribution in [2.45, 2.75) is 0 Å². The zero-order valence-electron chi connectivity index (χ0n) is 11.7. The molecule has 0 aliphatic heterocycles. The van der Waals surface area contributed by atoms with Crippen LogP contribution < -0.4 is 10.6 Å². The van der Waals surface area contributed by atoms with Gasteiger partial charge in [0.1, 0.15) is 0 Å². The predicted molar refractivity (Wildman–Crippen MR) is 87.9 cm³/mol. The molecule has 1 aromatic carbocycles. The van der Waals surface area contributed by atoms with Gasteiger partial charge in [0.05, 0.1) is 4.92 Å². The van der Waals surface area contributed by atoms with Gasteiger partial charge in [0.25, 0.3) is 5.69 Å². The molecule has 0 aliphatic carbocycles. The van der Waals surface area contributed by atoms with Crippen molar-refractivity contribution in [2.75, 3.05) is 18.4 Å². The lowest BCUT2D eigenvalue weighted by molar-refractivity contribution is -0.384. The van der Waals surface area contributed by atoms with Gasteiger partial charge >= 0.3 is 0 Å². The Balaban J connectivity index is 1.68. The first-order valence-corrected chi connectivity index (χ1v) is 7.51. The minimum Gasteiger partial charge on any atom is -0.383 e. The smallest absolute Gasteiger partial charge is 0.269 e. The average Bonchev–Trinajstić information content (AvgIpc) is 3.03. The lowest BCUT2D eigenvalue weighted by atomic mass is 10.3. The fourth-order valence-electron chi connectivity index (χ4n) is 1.70. The third kappa shape index (κ3) is 5.02. The highest BCUT2D eigenvalue weighted by Gasteiger charge is 2.03. The molecule has 114 valence electrons. The first-order valence-electron chi connectivity index (χ1n) is 6.63. The summed E-state index contributed by atoms with van der Waals surface area (Å²) in [7, 11) is 0. The number of amides is 1. The van der Waals surface area contributed by atoms with Crippen LogP contribution in [-0.4, -0.2) is 23.9 Å². The summed E-state index contributed by atoms with van der Waals surface area (Å²) < 4.78 is 0. The van der Waals surface area contributed by atoms with Crippen LogP contribution in [0.15, 0.2) is 47.9 Å². The highest BCUT2D eigenvalue weighted by atomic mass is 32.1. The maximum Gasteiger partial charge on any atom is 0.269 e. The van der Waals surface area contributed by atoms with E-state index >= 15 is 0 Å². The molecule has 0 fully saturated rings. The van der Waals surface area contributed by atoms with E-state index in [1.54, 1.807) is 29.5 Å². The van der Waals surface area contributed by atoms with Crippen molar-refractivity contribution in [1.29, 1.82) is 0 Å². The van der Waals surface area contributed by atoms with Crippen molar-refractivity contribution in [3.8, 4) is 0 Å². The van der Waals surface area contributed by atoms with Crippen LogP contribution in [0.4, 0.5) is 11.4 Å². The van der Waals surface area contributed by atoms with Crippen LogP contribution in [-0.2, 0) is 4.79 Å². The number of carbonyl (C=O) groups excluding carboxylic acids is 1. The van der Waals surface area contributed by atoms with Gasteiger partial charge in [-0.1, -0.05) is 6.07 Å². The molecule has 0 saturated heterocycles. The van der Waals surface area contributed by atoms with Gasteiger partial charge in [0, 0.05) is 41.9 Å². The molecule has 22 heavy (non-hydrogen) atoms. The number of nitrogens with zero attached hydrogens (tertiary/aromatic N) is 1. The molecule has 2 rings (SSSR count). The van der Waals surface area contributed by atoms with Gasteiger partial charge in [-0.3, -0.25) is 14.9 Å². The Kier molecular flexibility index (Phi) is 5.67. The summed E-state index contributed by atoms with van der Waals surface area (Å²) >= 11 is 1.57. The quantitative estimate of drug-likeness (QED) is 0.356. The molecule has 1 heterocycles. The molecule has 1 aromatic heterocycles. The zero-order valence-corrected chi connectivity index (χ0v) is 12.5. The molecular formula is C15H15N3O3S. The Bertz CT molecular complexity index is 651. The lowest BCUT2D eigenvalue weighted by Gasteiger charge is -2.06. The molecule has 0 bridgehead atoms. The number of nitro groups is 1. The summed E-state index contributed by atoms with van der Waals surface area (Å²) in [4.78, 5) is 22.7. The highest BCUT2D eigenvalue weighted by molar-refractivity contribution is 7.10. The number of anilines is 1. The molecule has 1 amide bonds. The van der Waals surface area contributed by atoms with Crippen molar-refractivity contribution in [3.63, 3.8) is 0 Å². The minimum absolute atomic E-state index is 0.0533. The Morgan fingerprint density at radius 3 is 2.64 bits per heavy atom. The second-order valence-corrected chi connectivity index (χ2v) is 5.35. The number of hydrogen-bond donors (Lipinski definition) is 2. The topological polar surface area (TPSA) is 84.3 Å². The summed E-state index contributed by atoms with van der Waals surface area (Å²) in [6, 6.07) is 10.0. The first kappa shape index (κ1) is 15.7. The molecule has 2 N–H and O–H groups in total. The SMILES string of the molecule is O=C(/C=C/c1cccs1)NCCNc1ccc([N+](=O)[O-])cc1. The van der Waals surface area contributed by atoms with E-state index in [4.69, 9.17) is 0 Å². The number of carbonyl (C=O) groups is 1. The van der Waals surface area contributed by atoms with Gasteiger partial charge in [-0.25, -0.2) is 0 Å². The Labute approximate surface area is 131 Å². The molecule has 0 saturated carbocycles. The van der Waals surface area contributed by atoms with Crippen LogP contribution in [0.3, 0.4) is 0 Å². The predicted octanol–water partition coefficient (Wildman–Crippen LogP) is 2.90. The largest absolute Gasteiger partial charge is 0.383 e. The Hall–Kier alpha value is -2.67. The minimum atomic E-state index is -0.441.